The van der Waals surface area contributed by atoms with Crippen LogP contribution in [0.25, 0.3) is 0 Å². The molecular weight excluding hydrogens is 212 g/mol. The number of carboxylic acid groups (broad SMARTS) is 2. The molecule has 0 aromatic carbocycles. The molecule has 0 rings (SSSR count). The van der Waals surface area contributed by atoms with E-state index in [1.165, 1.54) is 6.08 Å². The summed E-state index contributed by atoms with van der Waals surface area (Å²) in [7, 11) is 0. The fourth-order valence-electron chi connectivity index (χ4n) is 0.837. The second kappa shape index (κ2) is 9.49. The van der Waals surface area contributed by atoms with Crippen molar-refractivity contribution < 1.29 is 19.8 Å². The number of aliphatic carboxylic acids is 2. The number of rotatable bonds is 6. The van der Waals surface area contributed by atoms with Crippen molar-refractivity contribution in [3.8, 4) is 0 Å². The van der Waals surface area contributed by atoms with Crippen LogP contribution in [-0.2, 0) is 9.59 Å². The molecule has 0 bridgehead atoms. The minimum Gasteiger partial charge on any atom is -0.550 e. The second-order valence-electron chi connectivity index (χ2n) is 2.72. The number of allylic oxidation sites excluding steroid dienone is 1. The van der Waals surface area contributed by atoms with Gasteiger partial charge in [-0.15, -0.1) is 0 Å². The maximum Gasteiger partial charge on any atom is 2.00 e. The number of carbonyl (C=O) groups is 2. The summed E-state index contributed by atoms with van der Waals surface area (Å²) in [5, 5.41) is 20.5. The average Bonchev–Trinajstić information content (AvgIpc) is 2.02. The van der Waals surface area contributed by atoms with Gasteiger partial charge in [-0.05, 0) is 12.8 Å². The van der Waals surface area contributed by atoms with Gasteiger partial charge in [0.15, 0.2) is 0 Å². The monoisotopic (exact) mass is 224 g/mol. The third-order valence-corrected chi connectivity index (χ3v) is 1.51. The zero-order valence-corrected chi connectivity index (χ0v) is 10.4. The molecule has 0 saturated carbocycles. The van der Waals surface area contributed by atoms with Gasteiger partial charge in [0, 0.05) is 17.9 Å². The third-order valence-electron chi connectivity index (χ3n) is 1.51. The van der Waals surface area contributed by atoms with Crippen molar-refractivity contribution in [1.29, 1.82) is 0 Å². The predicted octanol–water partition coefficient (Wildman–Crippen LogP) is -1.53. The molecule has 74 valence electrons. The molecule has 0 aromatic rings. The van der Waals surface area contributed by atoms with Crippen LogP contribution >= 0.6 is 0 Å². The molecule has 5 heteroatoms. The van der Waals surface area contributed by atoms with Crippen LogP contribution in [-0.4, -0.2) is 49.7 Å². The Balaban J connectivity index is 0. The molecule has 1 atom stereocenters. The van der Waals surface area contributed by atoms with Crippen LogP contribution in [0.4, 0.5) is 0 Å². The van der Waals surface area contributed by atoms with E-state index in [1.54, 1.807) is 6.08 Å². The Morgan fingerprint density at radius 3 is 2.29 bits per heavy atom. The first kappa shape index (κ1) is 16.4. The third kappa shape index (κ3) is 8.53. The van der Waals surface area contributed by atoms with Gasteiger partial charge < -0.3 is 19.8 Å². The summed E-state index contributed by atoms with van der Waals surface area (Å²) >= 11 is 0. The normalized spacial score (nSPS) is 12.1. The van der Waals surface area contributed by atoms with E-state index in [4.69, 9.17) is 0 Å². The fraction of sp³-hybridized carbons (Fsp3) is 0.556. The van der Waals surface area contributed by atoms with E-state index in [0.717, 1.165) is 12.8 Å². The summed E-state index contributed by atoms with van der Waals surface area (Å²) in [6.07, 6.45) is 4.08. The molecule has 0 aliphatic carbocycles. The standard InChI is InChI=1S/C9H14O4.Ca/c1-2-3-4-5-7(9(12)13)6-8(10)11;/h4-5,7H,2-3,6H2,1H3,(H,10,11)(H,12,13);/q;+2/p-2/b5-4+;. The minimum atomic E-state index is -1.38. The van der Waals surface area contributed by atoms with E-state index < -0.39 is 24.3 Å². The summed E-state index contributed by atoms with van der Waals surface area (Å²) < 4.78 is 0. The van der Waals surface area contributed by atoms with Crippen molar-refractivity contribution in [1.82, 2.24) is 0 Å². The zero-order chi connectivity index (χ0) is 10.3. The van der Waals surface area contributed by atoms with Crippen LogP contribution in [0.3, 0.4) is 0 Å². The Labute approximate surface area is 113 Å². The van der Waals surface area contributed by atoms with Crippen LogP contribution in [0.2, 0.25) is 0 Å². The molecule has 0 N–H and O–H groups in total. The van der Waals surface area contributed by atoms with Crippen molar-refractivity contribution in [3.05, 3.63) is 12.2 Å². The SMILES string of the molecule is CCC/C=C/C(CC(=O)[O-])C(=O)[O-].[Ca+2]. The molecule has 0 aromatic heterocycles. The first-order chi connectivity index (χ1) is 6.07. The zero-order valence-electron chi connectivity index (χ0n) is 8.19. The summed E-state index contributed by atoms with van der Waals surface area (Å²) in [6.45, 7) is 1.94. The Hall–Kier alpha value is -0.0603. The molecule has 0 radical (unpaired) electrons. The molecule has 0 heterocycles. The summed E-state index contributed by atoms with van der Waals surface area (Å²) in [5.41, 5.74) is 0. The minimum absolute atomic E-state index is 0. The summed E-state index contributed by atoms with van der Waals surface area (Å²) in [5.74, 6) is -3.83. The molecule has 4 nitrogen and oxygen atoms in total. The molecule has 0 saturated heterocycles. The van der Waals surface area contributed by atoms with E-state index in [9.17, 15) is 19.8 Å². The van der Waals surface area contributed by atoms with Gasteiger partial charge in [0.1, 0.15) is 0 Å². The maximum atomic E-state index is 10.4. The summed E-state index contributed by atoms with van der Waals surface area (Å²) in [4.78, 5) is 20.5. The Morgan fingerprint density at radius 1 is 1.36 bits per heavy atom. The van der Waals surface area contributed by atoms with Crippen LogP contribution in [0.5, 0.6) is 0 Å². The summed E-state index contributed by atoms with van der Waals surface area (Å²) in [6, 6.07) is 0. The Morgan fingerprint density at radius 2 is 1.93 bits per heavy atom. The van der Waals surface area contributed by atoms with Crippen molar-refractivity contribution in [2.45, 2.75) is 26.2 Å². The molecule has 0 fully saturated rings. The first-order valence-electron chi connectivity index (χ1n) is 4.15. The molecule has 14 heavy (non-hydrogen) atoms. The quantitative estimate of drug-likeness (QED) is 0.405. The van der Waals surface area contributed by atoms with Crippen molar-refractivity contribution in [2.75, 3.05) is 0 Å². The number of hydrogen-bond donors (Lipinski definition) is 0. The van der Waals surface area contributed by atoms with E-state index in [2.05, 4.69) is 0 Å². The Kier molecular flexibility index (Phi) is 11.1. The molecular formula is C9H12CaO4. The van der Waals surface area contributed by atoms with Gasteiger partial charge in [-0.3, -0.25) is 0 Å². The Bertz CT molecular complexity index is 213. The van der Waals surface area contributed by atoms with Gasteiger partial charge in [-0.25, -0.2) is 0 Å². The van der Waals surface area contributed by atoms with Crippen molar-refractivity contribution in [3.63, 3.8) is 0 Å². The van der Waals surface area contributed by atoms with Gasteiger partial charge in [0.2, 0.25) is 0 Å². The van der Waals surface area contributed by atoms with Gasteiger partial charge in [0.05, 0.1) is 0 Å². The van der Waals surface area contributed by atoms with E-state index >= 15 is 0 Å². The average molecular weight is 224 g/mol. The van der Waals surface area contributed by atoms with Crippen LogP contribution in [0, 0.1) is 5.92 Å². The van der Waals surface area contributed by atoms with Crippen molar-refractivity contribution in [2.24, 2.45) is 5.92 Å². The van der Waals surface area contributed by atoms with E-state index in [-0.39, 0.29) is 37.7 Å². The molecule has 0 aliphatic heterocycles. The molecule has 1 unspecified atom stereocenters. The van der Waals surface area contributed by atoms with Crippen LogP contribution in [0.1, 0.15) is 26.2 Å². The number of carboxylic acids is 2. The number of unbranched alkanes of at least 4 members (excludes halogenated alkanes) is 1. The van der Waals surface area contributed by atoms with Crippen LogP contribution < -0.4 is 10.2 Å². The molecule has 0 spiro atoms. The molecule has 0 amide bonds. The predicted molar refractivity (Wildman–Crippen MR) is 47.9 cm³/mol. The smallest absolute Gasteiger partial charge is 0.550 e. The fourth-order valence-corrected chi connectivity index (χ4v) is 0.837. The largest absolute Gasteiger partial charge is 2.00 e. The van der Waals surface area contributed by atoms with Crippen molar-refractivity contribution >= 4 is 49.7 Å². The second-order valence-corrected chi connectivity index (χ2v) is 2.72. The topological polar surface area (TPSA) is 80.3 Å². The molecule has 0 aliphatic rings. The van der Waals surface area contributed by atoms with Gasteiger partial charge in [-0.1, -0.05) is 25.5 Å². The number of hydrogen-bond acceptors (Lipinski definition) is 4. The van der Waals surface area contributed by atoms with Gasteiger partial charge >= 0.3 is 37.7 Å². The maximum absolute atomic E-state index is 10.4. The number of carbonyl (C=O) groups excluding carboxylic acids is 2. The van der Waals surface area contributed by atoms with E-state index in [1.807, 2.05) is 6.92 Å². The van der Waals surface area contributed by atoms with E-state index in [0.29, 0.717) is 0 Å². The van der Waals surface area contributed by atoms with Gasteiger partial charge in [0.25, 0.3) is 0 Å². The van der Waals surface area contributed by atoms with Gasteiger partial charge in [-0.2, -0.15) is 0 Å². The first-order valence-corrected chi connectivity index (χ1v) is 4.15. The van der Waals surface area contributed by atoms with Crippen LogP contribution in [0.15, 0.2) is 12.2 Å².